The number of hydrogen-bond acceptors (Lipinski definition) is 5. The summed E-state index contributed by atoms with van der Waals surface area (Å²) in [5.41, 5.74) is 0.522. The summed E-state index contributed by atoms with van der Waals surface area (Å²) in [5, 5.41) is 11.9. The van der Waals surface area contributed by atoms with E-state index in [1.165, 1.54) is 17.6 Å². The van der Waals surface area contributed by atoms with Crippen molar-refractivity contribution >= 4 is 22.4 Å². The number of hydrogen-bond donors (Lipinski definition) is 1. The van der Waals surface area contributed by atoms with Crippen LogP contribution >= 0.6 is 11.3 Å². The maximum atomic E-state index is 11.8. The number of furan rings is 1. The zero-order valence-electron chi connectivity index (χ0n) is 8.98. The molecule has 0 fully saturated rings. The Morgan fingerprint density at radius 3 is 2.94 bits per heavy atom. The summed E-state index contributed by atoms with van der Waals surface area (Å²) in [5.74, 6) is 0.378. The van der Waals surface area contributed by atoms with E-state index in [2.05, 4.69) is 15.5 Å². The first-order chi connectivity index (χ1) is 7.70. The van der Waals surface area contributed by atoms with Crippen LogP contribution in [0.1, 0.15) is 28.0 Å². The summed E-state index contributed by atoms with van der Waals surface area (Å²) in [6.07, 6.45) is 2.31. The van der Waals surface area contributed by atoms with Crippen LogP contribution in [0.5, 0.6) is 0 Å². The van der Waals surface area contributed by atoms with Crippen molar-refractivity contribution < 1.29 is 9.21 Å². The molecule has 0 aliphatic rings. The summed E-state index contributed by atoms with van der Waals surface area (Å²) in [6, 6.07) is 1.63. The molecule has 0 aliphatic carbocycles. The SMILES string of the molecule is CCc1nnc(NC(=O)c2ccoc2C)s1. The van der Waals surface area contributed by atoms with Gasteiger partial charge in [-0.1, -0.05) is 18.3 Å². The minimum Gasteiger partial charge on any atom is -0.469 e. The molecule has 0 saturated carbocycles. The molecule has 0 aliphatic heterocycles. The Bertz CT molecular complexity index is 504. The van der Waals surface area contributed by atoms with Gasteiger partial charge in [-0.25, -0.2) is 0 Å². The van der Waals surface area contributed by atoms with Crippen molar-refractivity contribution in [3.63, 3.8) is 0 Å². The summed E-state index contributed by atoms with van der Waals surface area (Å²) < 4.78 is 5.06. The second-order valence-corrected chi connectivity index (χ2v) is 4.26. The normalized spacial score (nSPS) is 10.4. The molecule has 2 rings (SSSR count). The van der Waals surface area contributed by atoms with Crippen LogP contribution in [0, 0.1) is 6.92 Å². The maximum absolute atomic E-state index is 11.8. The van der Waals surface area contributed by atoms with Crippen LogP contribution in [0.15, 0.2) is 16.7 Å². The Balaban J connectivity index is 2.11. The third kappa shape index (κ3) is 2.11. The highest BCUT2D eigenvalue weighted by molar-refractivity contribution is 7.15. The van der Waals surface area contributed by atoms with E-state index in [-0.39, 0.29) is 5.91 Å². The monoisotopic (exact) mass is 237 g/mol. The molecule has 2 aromatic rings. The van der Waals surface area contributed by atoms with Crippen molar-refractivity contribution in [3.8, 4) is 0 Å². The average molecular weight is 237 g/mol. The lowest BCUT2D eigenvalue weighted by Crippen LogP contribution is -2.11. The van der Waals surface area contributed by atoms with Gasteiger partial charge < -0.3 is 4.42 Å². The number of aromatic nitrogens is 2. The average Bonchev–Trinajstić information content (AvgIpc) is 2.86. The molecule has 0 spiro atoms. The van der Waals surface area contributed by atoms with Gasteiger partial charge >= 0.3 is 0 Å². The highest BCUT2D eigenvalue weighted by atomic mass is 32.1. The van der Waals surface area contributed by atoms with Crippen molar-refractivity contribution in [3.05, 3.63) is 28.7 Å². The Morgan fingerprint density at radius 2 is 2.38 bits per heavy atom. The van der Waals surface area contributed by atoms with E-state index < -0.39 is 0 Å². The third-order valence-electron chi connectivity index (χ3n) is 2.09. The molecule has 0 atom stereocenters. The highest BCUT2D eigenvalue weighted by Gasteiger charge is 2.13. The van der Waals surface area contributed by atoms with Crippen molar-refractivity contribution in [1.29, 1.82) is 0 Å². The Kier molecular flexibility index (Phi) is 3.00. The lowest BCUT2D eigenvalue weighted by molar-refractivity contribution is 0.102. The number of anilines is 1. The molecule has 1 amide bonds. The first-order valence-corrected chi connectivity index (χ1v) is 5.70. The topological polar surface area (TPSA) is 68.0 Å². The van der Waals surface area contributed by atoms with Crippen LogP contribution < -0.4 is 5.32 Å². The highest BCUT2D eigenvalue weighted by Crippen LogP contribution is 2.17. The van der Waals surface area contributed by atoms with Gasteiger partial charge in [0.1, 0.15) is 10.8 Å². The predicted octanol–water partition coefficient (Wildman–Crippen LogP) is 2.25. The van der Waals surface area contributed by atoms with Crippen molar-refractivity contribution in [2.75, 3.05) is 5.32 Å². The largest absolute Gasteiger partial charge is 0.469 e. The van der Waals surface area contributed by atoms with E-state index >= 15 is 0 Å². The van der Waals surface area contributed by atoms with E-state index in [0.717, 1.165) is 11.4 Å². The van der Waals surface area contributed by atoms with Gasteiger partial charge in [0.25, 0.3) is 5.91 Å². The molecule has 0 aromatic carbocycles. The molecule has 0 unspecified atom stereocenters. The fraction of sp³-hybridized carbons (Fsp3) is 0.300. The number of nitrogens with zero attached hydrogens (tertiary/aromatic N) is 2. The number of nitrogens with one attached hydrogen (secondary N) is 1. The quantitative estimate of drug-likeness (QED) is 0.889. The molecular formula is C10H11N3O2S. The molecule has 2 aromatic heterocycles. The molecule has 1 N–H and O–H groups in total. The van der Waals surface area contributed by atoms with Gasteiger partial charge in [-0.15, -0.1) is 10.2 Å². The van der Waals surface area contributed by atoms with Crippen molar-refractivity contribution in [1.82, 2.24) is 10.2 Å². The van der Waals surface area contributed by atoms with Crippen LogP contribution in [-0.4, -0.2) is 16.1 Å². The Hall–Kier alpha value is -1.69. The van der Waals surface area contributed by atoms with E-state index in [0.29, 0.717) is 16.5 Å². The molecular weight excluding hydrogens is 226 g/mol. The van der Waals surface area contributed by atoms with E-state index in [4.69, 9.17) is 4.42 Å². The van der Waals surface area contributed by atoms with Crippen LogP contribution in [-0.2, 0) is 6.42 Å². The van der Waals surface area contributed by atoms with E-state index in [1.807, 2.05) is 6.92 Å². The number of amides is 1. The van der Waals surface area contributed by atoms with Crippen LogP contribution in [0.25, 0.3) is 0 Å². The lowest BCUT2D eigenvalue weighted by atomic mass is 10.2. The molecule has 84 valence electrons. The number of rotatable bonds is 3. The van der Waals surface area contributed by atoms with E-state index in [1.54, 1.807) is 13.0 Å². The molecule has 6 heteroatoms. The number of carbonyl (C=O) groups excluding carboxylic acids is 1. The van der Waals surface area contributed by atoms with E-state index in [9.17, 15) is 4.79 Å². The third-order valence-corrected chi connectivity index (χ3v) is 3.08. The van der Waals surface area contributed by atoms with Gasteiger partial charge in [-0.2, -0.15) is 0 Å². The van der Waals surface area contributed by atoms with Gasteiger partial charge in [-0.3, -0.25) is 10.1 Å². The van der Waals surface area contributed by atoms with Crippen LogP contribution in [0.3, 0.4) is 0 Å². The molecule has 0 saturated heterocycles. The summed E-state index contributed by atoms with van der Waals surface area (Å²) in [7, 11) is 0. The minimum absolute atomic E-state index is 0.218. The lowest BCUT2D eigenvalue weighted by Gasteiger charge is -1.98. The van der Waals surface area contributed by atoms with Gasteiger partial charge in [0, 0.05) is 0 Å². The summed E-state index contributed by atoms with van der Waals surface area (Å²) in [6.45, 7) is 3.73. The second-order valence-electron chi connectivity index (χ2n) is 3.20. The fourth-order valence-corrected chi connectivity index (χ4v) is 1.91. The standard InChI is InChI=1S/C10H11N3O2S/c1-3-8-12-13-10(16-8)11-9(14)7-4-5-15-6(7)2/h4-5H,3H2,1-2H3,(H,11,13,14). The molecule has 0 radical (unpaired) electrons. The number of aryl methyl sites for hydroxylation is 2. The zero-order valence-corrected chi connectivity index (χ0v) is 9.80. The van der Waals surface area contributed by atoms with Crippen molar-refractivity contribution in [2.24, 2.45) is 0 Å². The molecule has 16 heavy (non-hydrogen) atoms. The van der Waals surface area contributed by atoms with Crippen molar-refractivity contribution in [2.45, 2.75) is 20.3 Å². The molecule has 2 heterocycles. The zero-order chi connectivity index (χ0) is 11.5. The first kappa shape index (κ1) is 10.8. The molecule has 5 nitrogen and oxygen atoms in total. The van der Waals surface area contributed by atoms with Gasteiger partial charge in [0.05, 0.1) is 11.8 Å². The fourth-order valence-electron chi connectivity index (χ4n) is 1.23. The first-order valence-electron chi connectivity index (χ1n) is 4.88. The Labute approximate surface area is 96.5 Å². The maximum Gasteiger partial charge on any atom is 0.261 e. The number of carbonyl (C=O) groups is 1. The van der Waals surface area contributed by atoms with Crippen LogP contribution in [0.4, 0.5) is 5.13 Å². The van der Waals surface area contributed by atoms with Gasteiger partial charge in [0.2, 0.25) is 5.13 Å². The minimum atomic E-state index is -0.218. The summed E-state index contributed by atoms with van der Waals surface area (Å²) >= 11 is 1.38. The smallest absolute Gasteiger partial charge is 0.261 e. The summed E-state index contributed by atoms with van der Waals surface area (Å²) in [4.78, 5) is 11.8. The van der Waals surface area contributed by atoms with Gasteiger partial charge in [-0.05, 0) is 19.4 Å². The predicted molar refractivity (Wildman–Crippen MR) is 60.7 cm³/mol. The van der Waals surface area contributed by atoms with Crippen LogP contribution in [0.2, 0.25) is 0 Å². The second kappa shape index (κ2) is 4.44. The Morgan fingerprint density at radius 1 is 1.56 bits per heavy atom. The van der Waals surface area contributed by atoms with Gasteiger partial charge in [0.15, 0.2) is 0 Å². The molecule has 0 bridgehead atoms.